The van der Waals surface area contributed by atoms with Crippen LogP contribution in [0.1, 0.15) is 50.4 Å². The topological polar surface area (TPSA) is 54.2 Å². The third-order valence-electron chi connectivity index (χ3n) is 4.96. The van der Waals surface area contributed by atoms with Gasteiger partial charge in [-0.25, -0.2) is 0 Å². The molecule has 1 fully saturated rings. The van der Waals surface area contributed by atoms with Gasteiger partial charge in [-0.3, -0.25) is 9.67 Å². The number of aliphatic imine (C=N–C) groups is 1. The van der Waals surface area contributed by atoms with Gasteiger partial charge in [-0.2, -0.15) is 5.10 Å². The predicted molar refractivity (Wildman–Crippen MR) is 92.3 cm³/mol. The van der Waals surface area contributed by atoms with Crippen molar-refractivity contribution in [2.45, 2.75) is 59.4 Å². The minimum Gasteiger partial charge on any atom is -0.356 e. The van der Waals surface area contributed by atoms with E-state index >= 15 is 0 Å². The Bertz CT molecular complexity index is 494. The highest BCUT2D eigenvalue weighted by Crippen LogP contribution is 2.42. The van der Waals surface area contributed by atoms with Crippen molar-refractivity contribution in [3.05, 3.63) is 17.5 Å². The second-order valence-electron chi connectivity index (χ2n) is 6.56. The van der Waals surface area contributed by atoms with E-state index in [1.165, 1.54) is 31.4 Å². The molecule has 0 aliphatic heterocycles. The molecule has 22 heavy (non-hydrogen) atoms. The summed E-state index contributed by atoms with van der Waals surface area (Å²) in [6.07, 6.45) is 6.39. The smallest absolute Gasteiger partial charge is 0.190 e. The highest BCUT2D eigenvalue weighted by atomic mass is 15.3. The van der Waals surface area contributed by atoms with Crippen LogP contribution in [0.25, 0.3) is 0 Å². The Morgan fingerprint density at radius 3 is 2.64 bits per heavy atom. The van der Waals surface area contributed by atoms with E-state index in [9.17, 15) is 0 Å². The summed E-state index contributed by atoms with van der Waals surface area (Å²) in [6.45, 7) is 9.35. The van der Waals surface area contributed by atoms with E-state index in [0.717, 1.165) is 37.7 Å². The average molecular weight is 305 g/mol. The summed E-state index contributed by atoms with van der Waals surface area (Å²) in [6, 6.07) is 2.12. The lowest BCUT2D eigenvalue weighted by Crippen LogP contribution is -2.46. The molecule has 1 aromatic rings. The first kappa shape index (κ1) is 16.8. The van der Waals surface area contributed by atoms with Gasteiger partial charge in [-0.05, 0) is 51.0 Å². The molecule has 2 rings (SSSR count). The lowest BCUT2D eigenvalue weighted by molar-refractivity contribution is 0.131. The van der Waals surface area contributed by atoms with Crippen LogP contribution in [-0.4, -0.2) is 35.9 Å². The first-order chi connectivity index (χ1) is 10.6. The summed E-state index contributed by atoms with van der Waals surface area (Å²) in [4.78, 5) is 4.32. The number of aromatic nitrogens is 2. The van der Waals surface area contributed by atoms with Crippen molar-refractivity contribution in [1.82, 2.24) is 20.4 Å². The monoisotopic (exact) mass is 305 g/mol. The number of rotatable bonds is 7. The summed E-state index contributed by atoms with van der Waals surface area (Å²) in [7, 11) is 1.84. The molecule has 1 aliphatic rings. The maximum atomic E-state index is 4.49. The van der Waals surface area contributed by atoms with E-state index in [4.69, 9.17) is 0 Å². The molecule has 5 heteroatoms. The van der Waals surface area contributed by atoms with E-state index in [1.54, 1.807) is 0 Å². The van der Waals surface area contributed by atoms with Gasteiger partial charge in [0.15, 0.2) is 5.96 Å². The Morgan fingerprint density at radius 1 is 1.36 bits per heavy atom. The minimum absolute atomic E-state index is 0.515. The van der Waals surface area contributed by atoms with Gasteiger partial charge >= 0.3 is 0 Å². The molecule has 0 saturated heterocycles. The summed E-state index contributed by atoms with van der Waals surface area (Å²) in [5.74, 6) is 0.924. The van der Waals surface area contributed by atoms with Gasteiger partial charge in [0.05, 0.1) is 5.69 Å². The molecule has 1 aromatic heterocycles. The molecule has 1 saturated carbocycles. The summed E-state index contributed by atoms with van der Waals surface area (Å²) in [5, 5.41) is 11.4. The lowest BCUT2D eigenvalue weighted by Gasteiger charge is -2.41. The van der Waals surface area contributed by atoms with Crippen LogP contribution < -0.4 is 10.6 Å². The van der Waals surface area contributed by atoms with Crippen LogP contribution in [0.15, 0.2) is 11.1 Å². The SMILES string of the molecule is CCC1(CNC(=NC)NCCCn2nc(C)cc2C)CCC1. The zero-order chi connectivity index (χ0) is 16.0. The Balaban J connectivity index is 1.67. The zero-order valence-electron chi connectivity index (χ0n) is 14.6. The number of aryl methyl sites for hydroxylation is 3. The fraction of sp³-hybridized carbons (Fsp3) is 0.765. The molecule has 0 spiro atoms. The molecule has 1 aliphatic carbocycles. The van der Waals surface area contributed by atoms with E-state index in [2.05, 4.69) is 45.3 Å². The van der Waals surface area contributed by atoms with Crippen molar-refractivity contribution in [1.29, 1.82) is 0 Å². The minimum atomic E-state index is 0.515. The first-order valence-corrected chi connectivity index (χ1v) is 8.54. The van der Waals surface area contributed by atoms with Crippen molar-refractivity contribution < 1.29 is 0 Å². The van der Waals surface area contributed by atoms with Crippen LogP contribution in [0.4, 0.5) is 0 Å². The van der Waals surface area contributed by atoms with Crippen molar-refractivity contribution in [2.24, 2.45) is 10.4 Å². The third kappa shape index (κ3) is 4.24. The molecule has 0 bridgehead atoms. The highest BCUT2D eigenvalue weighted by molar-refractivity contribution is 5.79. The van der Waals surface area contributed by atoms with E-state index < -0.39 is 0 Å². The molecule has 2 N–H and O–H groups in total. The normalized spacial score (nSPS) is 17.2. The number of guanidine groups is 1. The molecule has 124 valence electrons. The average Bonchev–Trinajstić information content (AvgIpc) is 2.78. The number of hydrogen-bond donors (Lipinski definition) is 2. The molecule has 0 aromatic carbocycles. The lowest BCUT2D eigenvalue weighted by atomic mass is 9.67. The quantitative estimate of drug-likeness (QED) is 0.462. The van der Waals surface area contributed by atoms with Crippen LogP contribution in [-0.2, 0) is 6.54 Å². The Labute approximate surface area is 134 Å². The molecule has 0 radical (unpaired) electrons. The van der Waals surface area contributed by atoms with Crippen LogP contribution >= 0.6 is 0 Å². The molecule has 1 heterocycles. The van der Waals surface area contributed by atoms with Crippen molar-refractivity contribution in [2.75, 3.05) is 20.1 Å². The molecule has 0 amide bonds. The third-order valence-corrected chi connectivity index (χ3v) is 4.96. The van der Waals surface area contributed by atoms with Gasteiger partial charge in [-0.15, -0.1) is 0 Å². The second kappa shape index (κ2) is 7.65. The summed E-state index contributed by atoms with van der Waals surface area (Å²) < 4.78 is 2.08. The Morgan fingerprint density at radius 2 is 2.14 bits per heavy atom. The maximum Gasteiger partial charge on any atom is 0.190 e. The molecule has 5 nitrogen and oxygen atoms in total. The van der Waals surface area contributed by atoms with Gasteiger partial charge in [-0.1, -0.05) is 13.3 Å². The standard InChI is InChI=1S/C17H31N5/c1-5-17(8-6-9-17)13-20-16(18-4)19-10-7-11-22-15(3)12-14(2)21-22/h12H,5-11,13H2,1-4H3,(H2,18,19,20). The largest absolute Gasteiger partial charge is 0.356 e. The van der Waals surface area contributed by atoms with E-state index in [1.807, 2.05) is 14.0 Å². The van der Waals surface area contributed by atoms with Gasteiger partial charge < -0.3 is 10.6 Å². The Kier molecular flexibility index (Phi) is 5.86. The van der Waals surface area contributed by atoms with Crippen molar-refractivity contribution in [3.8, 4) is 0 Å². The first-order valence-electron chi connectivity index (χ1n) is 8.54. The van der Waals surface area contributed by atoms with Crippen molar-refractivity contribution >= 4 is 5.96 Å². The molecule has 0 unspecified atom stereocenters. The molecular weight excluding hydrogens is 274 g/mol. The second-order valence-corrected chi connectivity index (χ2v) is 6.56. The zero-order valence-corrected chi connectivity index (χ0v) is 14.6. The highest BCUT2D eigenvalue weighted by Gasteiger charge is 2.34. The van der Waals surface area contributed by atoms with E-state index in [-0.39, 0.29) is 0 Å². The fourth-order valence-corrected chi connectivity index (χ4v) is 3.16. The predicted octanol–water partition coefficient (Wildman–Crippen LogP) is 2.64. The van der Waals surface area contributed by atoms with E-state index in [0.29, 0.717) is 5.41 Å². The molecular formula is C17H31N5. The number of nitrogens with one attached hydrogen (secondary N) is 2. The van der Waals surface area contributed by atoms with Crippen LogP contribution in [0, 0.1) is 19.3 Å². The number of hydrogen-bond acceptors (Lipinski definition) is 2. The van der Waals surface area contributed by atoms with Crippen LogP contribution in [0.5, 0.6) is 0 Å². The fourth-order valence-electron chi connectivity index (χ4n) is 3.16. The van der Waals surface area contributed by atoms with Crippen molar-refractivity contribution in [3.63, 3.8) is 0 Å². The van der Waals surface area contributed by atoms with Crippen LogP contribution in [0.3, 0.4) is 0 Å². The van der Waals surface area contributed by atoms with Gasteiger partial charge in [0, 0.05) is 32.4 Å². The van der Waals surface area contributed by atoms with Gasteiger partial charge in [0.25, 0.3) is 0 Å². The molecule has 0 atom stereocenters. The number of nitrogens with zero attached hydrogens (tertiary/aromatic N) is 3. The summed E-state index contributed by atoms with van der Waals surface area (Å²) in [5.41, 5.74) is 2.84. The summed E-state index contributed by atoms with van der Waals surface area (Å²) >= 11 is 0. The maximum absolute atomic E-state index is 4.49. The van der Waals surface area contributed by atoms with Gasteiger partial charge in [0.1, 0.15) is 0 Å². The Hall–Kier alpha value is -1.52. The van der Waals surface area contributed by atoms with Crippen LogP contribution in [0.2, 0.25) is 0 Å². The van der Waals surface area contributed by atoms with Gasteiger partial charge in [0.2, 0.25) is 0 Å².